The van der Waals surface area contributed by atoms with Crippen molar-refractivity contribution in [2.24, 2.45) is 0 Å². The zero-order chi connectivity index (χ0) is 14.4. The third-order valence-electron chi connectivity index (χ3n) is 2.94. The van der Waals surface area contributed by atoms with Crippen LogP contribution in [-0.2, 0) is 0 Å². The van der Waals surface area contributed by atoms with E-state index in [2.05, 4.69) is 0 Å². The van der Waals surface area contributed by atoms with Crippen LogP contribution in [0.1, 0.15) is 11.1 Å². The number of rotatable bonds is 5. The molecular weight excluding hydrogens is 252 g/mol. The van der Waals surface area contributed by atoms with Crippen LogP contribution in [0.5, 0.6) is 17.2 Å². The fourth-order valence-corrected chi connectivity index (χ4v) is 1.86. The molecule has 20 heavy (non-hydrogen) atoms. The predicted octanol–water partition coefficient (Wildman–Crippen LogP) is 3.88. The second-order valence-electron chi connectivity index (χ2n) is 4.26. The Balaban J connectivity index is 2.25. The van der Waals surface area contributed by atoms with Crippen LogP contribution in [0.2, 0.25) is 0 Å². The Morgan fingerprint density at radius 1 is 0.650 bits per heavy atom. The third-order valence-corrected chi connectivity index (χ3v) is 2.94. The summed E-state index contributed by atoms with van der Waals surface area (Å²) in [6.45, 7) is 0. The van der Waals surface area contributed by atoms with Crippen molar-refractivity contribution in [2.75, 3.05) is 21.3 Å². The maximum absolute atomic E-state index is 5.25. The van der Waals surface area contributed by atoms with Gasteiger partial charge in [0.05, 0.1) is 21.3 Å². The molecule has 0 aliphatic carbocycles. The lowest BCUT2D eigenvalue weighted by Crippen LogP contribution is -1.88. The standard InChI is InChI=1S/C17H18O3/c1-18-15-6-4-5-13(9-15)7-8-14-10-16(19-2)12-17(11-14)20-3/h4-12H,1-3H3/b8-7-. The van der Waals surface area contributed by atoms with E-state index >= 15 is 0 Å². The van der Waals surface area contributed by atoms with Crippen LogP contribution in [-0.4, -0.2) is 21.3 Å². The molecule has 0 atom stereocenters. The summed E-state index contributed by atoms with van der Waals surface area (Å²) in [5, 5.41) is 0. The average molecular weight is 270 g/mol. The van der Waals surface area contributed by atoms with Gasteiger partial charge >= 0.3 is 0 Å². The first-order valence-corrected chi connectivity index (χ1v) is 6.30. The maximum atomic E-state index is 5.25. The SMILES string of the molecule is COc1cccc(/C=C\c2cc(OC)cc(OC)c2)c1. The first kappa shape index (κ1) is 14.0. The molecule has 2 aromatic carbocycles. The summed E-state index contributed by atoms with van der Waals surface area (Å²) in [7, 11) is 4.95. The molecule has 2 rings (SSSR count). The predicted molar refractivity (Wildman–Crippen MR) is 81.5 cm³/mol. The molecule has 0 N–H and O–H groups in total. The molecule has 0 fully saturated rings. The minimum absolute atomic E-state index is 0.773. The summed E-state index contributed by atoms with van der Waals surface area (Å²) in [6, 6.07) is 13.7. The number of methoxy groups -OCH3 is 3. The number of ether oxygens (including phenoxy) is 3. The van der Waals surface area contributed by atoms with Gasteiger partial charge in [-0.2, -0.15) is 0 Å². The molecule has 0 saturated carbocycles. The minimum atomic E-state index is 0.773. The molecule has 0 saturated heterocycles. The van der Waals surface area contributed by atoms with Gasteiger partial charge < -0.3 is 14.2 Å². The Morgan fingerprint density at radius 2 is 1.20 bits per heavy atom. The Bertz CT molecular complexity index is 581. The van der Waals surface area contributed by atoms with Gasteiger partial charge in [-0.05, 0) is 35.4 Å². The molecule has 0 spiro atoms. The molecule has 0 aromatic heterocycles. The lowest BCUT2D eigenvalue weighted by molar-refractivity contribution is 0.394. The quantitative estimate of drug-likeness (QED) is 0.772. The molecule has 2 aromatic rings. The Hall–Kier alpha value is -2.42. The van der Waals surface area contributed by atoms with Crippen LogP contribution in [0.4, 0.5) is 0 Å². The normalized spacial score (nSPS) is 10.6. The van der Waals surface area contributed by atoms with Crippen LogP contribution < -0.4 is 14.2 Å². The van der Waals surface area contributed by atoms with Gasteiger partial charge in [0, 0.05) is 6.07 Å². The molecule has 0 bridgehead atoms. The highest BCUT2D eigenvalue weighted by atomic mass is 16.5. The first-order valence-electron chi connectivity index (χ1n) is 6.30. The lowest BCUT2D eigenvalue weighted by Gasteiger charge is -2.06. The van der Waals surface area contributed by atoms with Gasteiger partial charge in [-0.3, -0.25) is 0 Å². The second-order valence-corrected chi connectivity index (χ2v) is 4.26. The Morgan fingerprint density at radius 3 is 1.80 bits per heavy atom. The van der Waals surface area contributed by atoms with Crippen LogP contribution in [0.25, 0.3) is 12.2 Å². The highest BCUT2D eigenvalue weighted by Crippen LogP contribution is 2.24. The Labute approximate surface area is 119 Å². The molecule has 0 unspecified atom stereocenters. The van der Waals surface area contributed by atoms with Crippen LogP contribution in [0, 0.1) is 0 Å². The van der Waals surface area contributed by atoms with Crippen molar-refractivity contribution >= 4 is 12.2 Å². The van der Waals surface area contributed by atoms with Gasteiger partial charge in [-0.1, -0.05) is 24.3 Å². The second kappa shape index (κ2) is 6.66. The van der Waals surface area contributed by atoms with Crippen molar-refractivity contribution in [2.45, 2.75) is 0 Å². The van der Waals surface area contributed by atoms with Gasteiger partial charge in [-0.15, -0.1) is 0 Å². The van der Waals surface area contributed by atoms with Crippen LogP contribution in [0.3, 0.4) is 0 Å². The molecule has 104 valence electrons. The van der Waals surface area contributed by atoms with E-state index < -0.39 is 0 Å². The molecule has 3 nitrogen and oxygen atoms in total. The van der Waals surface area contributed by atoms with Crippen molar-refractivity contribution < 1.29 is 14.2 Å². The van der Waals surface area contributed by atoms with E-state index in [1.54, 1.807) is 21.3 Å². The first-order chi connectivity index (χ1) is 9.75. The number of hydrogen-bond donors (Lipinski definition) is 0. The largest absolute Gasteiger partial charge is 0.497 e. The van der Waals surface area contributed by atoms with Gasteiger partial charge in [0.15, 0.2) is 0 Å². The molecule has 0 aliphatic heterocycles. The summed E-state index contributed by atoms with van der Waals surface area (Å²) in [5.41, 5.74) is 2.09. The molecule has 0 amide bonds. The summed E-state index contributed by atoms with van der Waals surface area (Å²) in [6.07, 6.45) is 4.04. The fraction of sp³-hybridized carbons (Fsp3) is 0.176. The highest BCUT2D eigenvalue weighted by Gasteiger charge is 1.99. The van der Waals surface area contributed by atoms with E-state index in [0.29, 0.717) is 0 Å². The van der Waals surface area contributed by atoms with Gasteiger partial charge in [0.2, 0.25) is 0 Å². The third kappa shape index (κ3) is 3.54. The molecule has 0 aliphatic rings. The molecule has 0 radical (unpaired) electrons. The fourth-order valence-electron chi connectivity index (χ4n) is 1.86. The summed E-state index contributed by atoms with van der Waals surface area (Å²) in [5.74, 6) is 2.39. The average Bonchev–Trinajstić information content (AvgIpc) is 2.52. The van der Waals surface area contributed by atoms with Crippen molar-refractivity contribution in [3.05, 3.63) is 53.6 Å². The van der Waals surface area contributed by atoms with Crippen LogP contribution >= 0.6 is 0 Å². The van der Waals surface area contributed by atoms with Gasteiger partial charge in [0.25, 0.3) is 0 Å². The van der Waals surface area contributed by atoms with Crippen molar-refractivity contribution in [3.8, 4) is 17.2 Å². The summed E-state index contributed by atoms with van der Waals surface area (Å²) in [4.78, 5) is 0. The monoisotopic (exact) mass is 270 g/mol. The number of hydrogen-bond acceptors (Lipinski definition) is 3. The van der Waals surface area contributed by atoms with E-state index in [9.17, 15) is 0 Å². The molecule has 3 heteroatoms. The molecular formula is C17H18O3. The number of benzene rings is 2. The van der Waals surface area contributed by atoms with Crippen molar-refractivity contribution in [1.82, 2.24) is 0 Å². The van der Waals surface area contributed by atoms with Gasteiger partial charge in [0.1, 0.15) is 17.2 Å². The summed E-state index contributed by atoms with van der Waals surface area (Å²) < 4.78 is 15.7. The topological polar surface area (TPSA) is 27.7 Å². The van der Waals surface area contributed by atoms with E-state index in [4.69, 9.17) is 14.2 Å². The van der Waals surface area contributed by atoms with E-state index in [1.165, 1.54) is 0 Å². The smallest absolute Gasteiger partial charge is 0.123 e. The van der Waals surface area contributed by atoms with Gasteiger partial charge in [-0.25, -0.2) is 0 Å². The zero-order valence-electron chi connectivity index (χ0n) is 11.9. The van der Waals surface area contributed by atoms with Crippen LogP contribution in [0.15, 0.2) is 42.5 Å². The lowest BCUT2D eigenvalue weighted by atomic mass is 10.1. The molecule has 0 heterocycles. The maximum Gasteiger partial charge on any atom is 0.123 e. The van der Waals surface area contributed by atoms with E-state index in [0.717, 1.165) is 28.4 Å². The van der Waals surface area contributed by atoms with E-state index in [1.807, 2.05) is 54.6 Å². The zero-order valence-corrected chi connectivity index (χ0v) is 11.9. The van der Waals surface area contributed by atoms with E-state index in [-0.39, 0.29) is 0 Å². The minimum Gasteiger partial charge on any atom is -0.497 e. The summed E-state index contributed by atoms with van der Waals surface area (Å²) >= 11 is 0. The Kier molecular flexibility index (Phi) is 4.66. The van der Waals surface area contributed by atoms with Crippen molar-refractivity contribution in [3.63, 3.8) is 0 Å². The van der Waals surface area contributed by atoms with Crippen molar-refractivity contribution in [1.29, 1.82) is 0 Å². The highest BCUT2D eigenvalue weighted by molar-refractivity contribution is 5.71.